The van der Waals surface area contributed by atoms with Gasteiger partial charge in [-0.05, 0) is 11.8 Å². The summed E-state index contributed by atoms with van der Waals surface area (Å²) >= 11 is 0. The highest BCUT2D eigenvalue weighted by atomic mass is 16.5. The first-order valence-corrected chi connectivity index (χ1v) is 6.94. The molecule has 2 N–H and O–H groups in total. The van der Waals surface area contributed by atoms with Crippen LogP contribution in [0, 0.1) is 11.8 Å². The highest BCUT2D eigenvalue weighted by molar-refractivity contribution is 5.82. The van der Waals surface area contributed by atoms with Crippen LogP contribution in [-0.2, 0) is 14.3 Å². The van der Waals surface area contributed by atoms with E-state index in [0.29, 0.717) is 19.0 Å². The molecule has 0 radical (unpaired) electrons. The van der Waals surface area contributed by atoms with Crippen molar-refractivity contribution in [3.8, 4) is 0 Å². The summed E-state index contributed by atoms with van der Waals surface area (Å²) in [6.45, 7) is 9.03. The van der Waals surface area contributed by atoms with E-state index >= 15 is 0 Å². The maximum absolute atomic E-state index is 12.3. The second kappa shape index (κ2) is 8.91. The van der Waals surface area contributed by atoms with Crippen molar-refractivity contribution >= 4 is 11.9 Å². The molecule has 0 saturated carbocycles. The number of amides is 1. The van der Waals surface area contributed by atoms with Crippen LogP contribution < -0.4 is 5.73 Å². The van der Waals surface area contributed by atoms with Crippen molar-refractivity contribution in [2.24, 2.45) is 17.6 Å². The van der Waals surface area contributed by atoms with Gasteiger partial charge in [0.1, 0.15) is 0 Å². The van der Waals surface area contributed by atoms with Crippen molar-refractivity contribution in [3.63, 3.8) is 0 Å². The van der Waals surface area contributed by atoms with Gasteiger partial charge in [0.15, 0.2) is 0 Å². The van der Waals surface area contributed by atoms with E-state index in [1.165, 1.54) is 7.11 Å². The van der Waals surface area contributed by atoms with E-state index < -0.39 is 6.04 Å². The third kappa shape index (κ3) is 6.57. The van der Waals surface area contributed by atoms with Crippen molar-refractivity contribution in [1.82, 2.24) is 4.90 Å². The molecular weight excluding hydrogens is 244 g/mol. The maximum atomic E-state index is 12.3. The normalized spacial score (nSPS) is 14.1. The number of ether oxygens (including phenoxy) is 1. The standard InChI is InChI=1S/C14H28N2O3/c1-6-11(4)13(15)14(18)16(9-10(2)3)8-7-12(17)19-5/h10-11,13H,6-9,15H2,1-5H3. The average Bonchev–Trinajstić information content (AvgIpc) is 2.39. The van der Waals surface area contributed by atoms with Gasteiger partial charge in [-0.1, -0.05) is 34.1 Å². The van der Waals surface area contributed by atoms with E-state index in [9.17, 15) is 9.59 Å². The minimum absolute atomic E-state index is 0.0769. The van der Waals surface area contributed by atoms with Crippen LogP contribution in [0.2, 0.25) is 0 Å². The fraction of sp³-hybridized carbons (Fsp3) is 0.857. The van der Waals surface area contributed by atoms with E-state index in [1.807, 2.05) is 27.7 Å². The van der Waals surface area contributed by atoms with Crippen LogP contribution in [0.5, 0.6) is 0 Å². The third-order valence-corrected chi connectivity index (χ3v) is 3.25. The molecule has 5 heteroatoms. The van der Waals surface area contributed by atoms with E-state index in [0.717, 1.165) is 6.42 Å². The molecule has 1 amide bonds. The highest BCUT2D eigenvalue weighted by Crippen LogP contribution is 2.11. The van der Waals surface area contributed by atoms with Gasteiger partial charge < -0.3 is 15.4 Å². The largest absolute Gasteiger partial charge is 0.469 e. The topological polar surface area (TPSA) is 72.6 Å². The van der Waals surface area contributed by atoms with Crippen molar-refractivity contribution < 1.29 is 14.3 Å². The van der Waals surface area contributed by atoms with Crippen LogP contribution in [0.3, 0.4) is 0 Å². The van der Waals surface area contributed by atoms with Gasteiger partial charge in [0.25, 0.3) is 0 Å². The van der Waals surface area contributed by atoms with Crippen molar-refractivity contribution in [2.75, 3.05) is 20.2 Å². The molecule has 0 spiro atoms. The second-order valence-corrected chi connectivity index (χ2v) is 5.42. The molecule has 0 aliphatic rings. The number of hydrogen-bond donors (Lipinski definition) is 1. The maximum Gasteiger partial charge on any atom is 0.307 e. The van der Waals surface area contributed by atoms with Gasteiger partial charge in [-0.2, -0.15) is 0 Å². The molecule has 0 fully saturated rings. The molecule has 0 aromatic heterocycles. The number of esters is 1. The molecule has 0 aromatic carbocycles. The van der Waals surface area contributed by atoms with Crippen molar-refractivity contribution in [2.45, 2.75) is 46.6 Å². The summed E-state index contributed by atoms with van der Waals surface area (Å²) in [6, 6.07) is -0.499. The number of nitrogens with two attached hydrogens (primary N) is 1. The fourth-order valence-corrected chi connectivity index (χ4v) is 1.77. The molecule has 0 aliphatic carbocycles. The molecule has 5 nitrogen and oxygen atoms in total. The van der Waals surface area contributed by atoms with Crippen LogP contribution in [0.4, 0.5) is 0 Å². The van der Waals surface area contributed by atoms with Crippen LogP contribution in [0.25, 0.3) is 0 Å². The fourth-order valence-electron chi connectivity index (χ4n) is 1.77. The van der Waals surface area contributed by atoms with Crippen LogP contribution in [0.1, 0.15) is 40.5 Å². The number of methoxy groups -OCH3 is 1. The lowest BCUT2D eigenvalue weighted by atomic mass is 9.98. The van der Waals surface area contributed by atoms with Gasteiger partial charge in [0.05, 0.1) is 19.6 Å². The Balaban J connectivity index is 4.64. The second-order valence-electron chi connectivity index (χ2n) is 5.42. The number of carbonyl (C=O) groups is 2. The summed E-state index contributed by atoms with van der Waals surface area (Å²) in [7, 11) is 1.35. The average molecular weight is 272 g/mol. The van der Waals surface area contributed by atoms with Crippen molar-refractivity contribution in [1.29, 1.82) is 0 Å². The van der Waals surface area contributed by atoms with E-state index in [1.54, 1.807) is 4.90 Å². The quantitative estimate of drug-likeness (QED) is 0.678. The van der Waals surface area contributed by atoms with Crippen molar-refractivity contribution in [3.05, 3.63) is 0 Å². The number of carbonyl (C=O) groups excluding carboxylic acids is 2. The molecule has 0 aromatic rings. The monoisotopic (exact) mass is 272 g/mol. The zero-order valence-corrected chi connectivity index (χ0v) is 12.8. The lowest BCUT2D eigenvalue weighted by Crippen LogP contribution is -2.48. The molecule has 0 saturated heterocycles. The Hall–Kier alpha value is -1.10. The molecule has 0 bridgehead atoms. The Morgan fingerprint density at radius 2 is 1.84 bits per heavy atom. The van der Waals surface area contributed by atoms with E-state index in [4.69, 9.17) is 5.73 Å². The number of nitrogens with zero attached hydrogens (tertiary/aromatic N) is 1. The molecular formula is C14H28N2O3. The summed E-state index contributed by atoms with van der Waals surface area (Å²) in [5.41, 5.74) is 5.98. The summed E-state index contributed by atoms with van der Waals surface area (Å²) in [5.74, 6) is 0.0941. The first-order chi connectivity index (χ1) is 8.83. The van der Waals surface area contributed by atoms with Crippen LogP contribution in [0.15, 0.2) is 0 Å². The van der Waals surface area contributed by atoms with Gasteiger partial charge in [-0.25, -0.2) is 0 Å². The zero-order valence-electron chi connectivity index (χ0n) is 12.8. The first kappa shape index (κ1) is 17.9. The Morgan fingerprint density at radius 1 is 1.26 bits per heavy atom. The van der Waals surface area contributed by atoms with Gasteiger partial charge in [0, 0.05) is 13.1 Å². The molecule has 2 atom stereocenters. The molecule has 112 valence electrons. The zero-order chi connectivity index (χ0) is 15.0. The highest BCUT2D eigenvalue weighted by Gasteiger charge is 2.25. The summed E-state index contributed by atoms with van der Waals surface area (Å²) in [5, 5.41) is 0. The molecule has 19 heavy (non-hydrogen) atoms. The van der Waals surface area contributed by atoms with Gasteiger partial charge in [-0.3, -0.25) is 9.59 Å². The molecule has 2 unspecified atom stereocenters. The van der Waals surface area contributed by atoms with E-state index in [2.05, 4.69) is 4.74 Å². The number of rotatable bonds is 8. The Morgan fingerprint density at radius 3 is 2.26 bits per heavy atom. The Labute approximate surface area is 116 Å². The minimum Gasteiger partial charge on any atom is -0.469 e. The lowest BCUT2D eigenvalue weighted by Gasteiger charge is -2.29. The van der Waals surface area contributed by atoms with Gasteiger partial charge in [-0.15, -0.1) is 0 Å². The van der Waals surface area contributed by atoms with E-state index in [-0.39, 0.29) is 24.2 Å². The SMILES string of the molecule is CCC(C)C(N)C(=O)N(CCC(=O)OC)CC(C)C. The smallest absolute Gasteiger partial charge is 0.307 e. The summed E-state index contributed by atoms with van der Waals surface area (Å²) < 4.78 is 4.61. The predicted octanol–water partition coefficient (Wildman–Crippen LogP) is 1.41. The van der Waals surface area contributed by atoms with Crippen LogP contribution >= 0.6 is 0 Å². The molecule has 0 rings (SSSR count). The third-order valence-electron chi connectivity index (χ3n) is 3.25. The predicted molar refractivity (Wildman–Crippen MR) is 75.5 cm³/mol. The number of hydrogen-bond acceptors (Lipinski definition) is 4. The summed E-state index contributed by atoms with van der Waals surface area (Å²) in [6.07, 6.45) is 1.07. The van der Waals surface area contributed by atoms with Gasteiger partial charge >= 0.3 is 5.97 Å². The Bertz CT molecular complexity index is 292. The van der Waals surface area contributed by atoms with Gasteiger partial charge in [0.2, 0.25) is 5.91 Å². The minimum atomic E-state index is -0.499. The first-order valence-electron chi connectivity index (χ1n) is 6.94. The molecule has 0 aliphatic heterocycles. The Kier molecular flexibility index (Phi) is 8.39. The lowest BCUT2D eigenvalue weighted by molar-refractivity contribution is -0.142. The summed E-state index contributed by atoms with van der Waals surface area (Å²) in [4.78, 5) is 25.2. The molecule has 0 heterocycles. The van der Waals surface area contributed by atoms with Crippen LogP contribution in [-0.4, -0.2) is 43.0 Å².